The van der Waals surface area contributed by atoms with Crippen molar-refractivity contribution < 1.29 is 9.90 Å². The summed E-state index contributed by atoms with van der Waals surface area (Å²) in [5.74, 6) is -0.985. The van der Waals surface area contributed by atoms with Crippen LogP contribution in [0.3, 0.4) is 0 Å². The van der Waals surface area contributed by atoms with Gasteiger partial charge >= 0.3 is 5.97 Å². The van der Waals surface area contributed by atoms with Crippen molar-refractivity contribution in [3.63, 3.8) is 0 Å². The van der Waals surface area contributed by atoms with Crippen LogP contribution in [-0.4, -0.2) is 24.4 Å². The maximum atomic E-state index is 11.3. The van der Waals surface area contributed by atoms with Gasteiger partial charge in [0, 0.05) is 12.1 Å². The summed E-state index contributed by atoms with van der Waals surface area (Å²) in [6.45, 7) is 2.37. The van der Waals surface area contributed by atoms with Crippen molar-refractivity contribution in [1.29, 1.82) is 0 Å². The Kier molecular flexibility index (Phi) is 3.61. The van der Waals surface area contributed by atoms with Crippen molar-refractivity contribution in [1.82, 2.24) is 13.3 Å². The van der Waals surface area contributed by atoms with Gasteiger partial charge in [0.15, 0.2) is 0 Å². The van der Waals surface area contributed by atoms with Gasteiger partial charge in [-0.2, -0.15) is 8.75 Å². The summed E-state index contributed by atoms with van der Waals surface area (Å²) in [7, 11) is 0. The number of carbonyl (C=O) groups is 1. The molecule has 0 aliphatic heterocycles. The molecular weight excluding hydrogens is 333 g/mol. The first-order chi connectivity index (χ1) is 10.0. The molecule has 8 heteroatoms. The molecular formula is C13H9Cl2N3O2S. The number of fused-ring (bicyclic) bond motifs is 1. The number of carboxylic acid groups (broad SMARTS) is 1. The maximum Gasteiger partial charge on any atom is 0.352 e. The highest BCUT2D eigenvalue weighted by atomic mass is 35.5. The number of halogens is 2. The molecule has 1 N–H and O–H groups in total. The van der Waals surface area contributed by atoms with Crippen molar-refractivity contribution >= 4 is 51.9 Å². The predicted octanol–water partition coefficient (Wildman–Crippen LogP) is 4.18. The van der Waals surface area contributed by atoms with E-state index in [9.17, 15) is 9.90 Å². The molecule has 0 saturated carbocycles. The SMILES string of the molecule is CCn1c(C(=O)O)ccc1-c1c(Cl)cc(Cl)c2nsnc12. The quantitative estimate of drug-likeness (QED) is 0.775. The fourth-order valence-corrected chi connectivity index (χ4v) is 3.54. The van der Waals surface area contributed by atoms with Gasteiger partial charge in [0.05, 0.1) is 27.5 Å². The number of hydrogen-bond donors (Lipinski definition) is 1. The summed E-state index contributed by atoms with van der Waals surface area (Å²) in [5.41, 5.74) is 2.70. The highest BCUT2D eigenvalue weighted by molar-refractivity contribution is 7.00. The maximum absolute atomic E-state index is 11.3. The van der Waals surface area contributed by atoms with E-state index in [0.717, 1.165) is 11.7 Å². The number of nitrogens with zero attached hydrogens (tertiary/aromatic N) is 3. The molecule has 3 aromatic rings. The van der Waals surface area contributed by atoms with Crippen LogP contribution in [-0.2, 0) is 6.54 Å². The van der Waals surface area contributed by atoms with Gasteiger partial charge in [-0.15, -0.1) is 0 Å². The van der Waals surface area contributed by atoms with Crippen molar-refractivity contribution in [2.45, 2.75) is 13.5 Å². The molecule has 0 saturated heterocycles. The summed E-state index contributed by atoms with van der Waals surface area (Å²) in [6.07, 6.45) is 0. The molecule has 0 atom stereocenters. The number of benzene rings is 1. The Morgan fingerprint density at radius 1 is 1.29 bits per heavy atom. The van der Waals surface area contributed by atoms with Gasteiger partial charge in [0.25, 0.3) is 0 Å². The molecule has 108 valence electrons. The summed E-state index contributed by atoms with van der Waals surface area (Å²) < 4.78 is 10.1. The van der Waals surface area contributed by atoms with Crippen LogP contribution in [0.4, 0.5) is 0 Å². The molecule has 21 heavy (non-hydrogen) atoms. The second-order valence-corrected chi connectivity index (χ2v) is 5.67. The summed E-state index contributed by atoms with van der Waals surface area (Å²) >= 11 is 13.5. The van der Waals surface area contributed by atoms with E-state index < -0.39 is 5.97 Å². The molecule has 0 aliphatic carbocycles. The fourth-order valence-electron chi connectivity index (χ4n) is 2.33. The zero-order valence-corrected chi connectivity index (χ0v) is 13.1. The van der Waals surface area contributed by atoms with Crippen LogP contribution in [0.2, 0.25) is 10.0 Å². The zero-order chi connectivity index (χ0) is 15.1. The van der Waals surface area contributed by atoms with E-state index in [0.29, 0.717) is 38.9 Å². The second-order valence-electron chi connectivity index (χ2n) is 4.33. The average Bonchev–Trinajstić information content (AvgIpc) is 3.05. The van der Waals surface area contributed by atoms with Gasteiger partial charge in [-0.1, -0.05) is 23.2 Å². The van der Waals surface area contributed by atoms with Crippen LogP contribution < -0.4 is 0 Å². The molecule has 3 rings (SSSR count). The average molecular weight is 342 g/mol. The molecule has 5 nitrogen and oxygen atoms in total. The third-order valence-electron chi connectivity index (χ3n) is 3.22. The minimum absolute atomic E-state index is 0.204. The van der Waals surface area contributed by atoms with E-state index in [1.807, 2.05) is 6.92 Å². The Hall–Kier alpha value is -1.63. The first-order valence-electron chi connectivity index (χ1n) is 6.08. The Bertz CT molecular complexity index is 857. The summed E-state index contributed by atoms with van der Waals surface area (Å²) in [5, 5.41) is 10.1. The molecule has 2 heterocycles. The van der Waals surface area contributed by atoms with Gasteiger partial charge in [0.2, 0.25) is 0 Å². The first kappa shape index (κ1) is 14.3. The third kappa shape index (κ3) is 2.19. The van der Waals surface area contributed by atoms with Gasteiger partial charge in [-0.05, 0) is 25.1 Å². The molecule has 1 aromatic carbocycles. The van der Waals surface area contributed by atoms with Gasteiger partial charge in [-0.3, -0.25) is 0 Å². The Balaban J connectivity index is 2.36. The number of rotatable bonds is 3. The number of aromatic carboxylic acids is 1. The molecule has 0 bridgehead atoms. The van der Waals surface area contributed by atoms with Gasteiger partial charge < -0.3 is 9.67 Å². The van der Waals surface area contributed by atoms with Crippen LogP contribution in [0.1, 0.15) is 17.4 Å². The molecule has 0 aliphatic rings. The lowest BCUT2D eigenvalue weighted by molar-refractivity contribution is 0.0685. The highest BCUT2D eigenvalue weighted by Crippen LogP contribution is 2.38. The third-order valence-corrected chi connectivity index (χ3v) is 4.33. The second kappa shape index (κ2) is 5.29. The number of aromatic nitrogens is 3. The normalized spacial score (nSPS) is 11.2. The van der Waals surface area contributed by atoms with Gasteiger partial charge in [-0.25, -0.2) is 4.79 Å². The van der Waals surface area contributed by atoms with E-state index in [-0.39, 0.29) is 5.69 Å². The largest absolute Gasteiger partial charge is 0.477 e. The first-order valence-corrected chi connectivity index (χ1v) is 7.56. The van der Waals surface area contributed by atoms with E-state index in [4.69, 9.17) is 23.2 Å². The Morgan fingerprint density at radius 2 is 2.00 bits per heavy atom. The van der Waals surface area contributed by atoms with Crippen LogP contribution in [0, 0.1) is 0 Å². The van der Waals surface area contributed by atoms with Crippen LogP contribution in [0.5, 0.6) is 0 Å². The molecule has 0 amide bonds. The Morgan fingerprint density at radius 3 is 2.67 bits per heavy atom. The standard InChI is InChI=1S/C13H9Cl2N3O2S/c1-2-18-8(3-4-9(18)13(19)20)10-6(14)5-7(15)11-12(10)17-21-16-11/h3-5H,2H2,1H3,(H,19,20). The zero-order valence-electron chi connectivity index (χ0n) is 10.8. The Labute approximate surface area is 134 Å². The monoisotopic (exact) mass is 341 g/mol. The van der Waals surface area contributed by atoms with Gasteiger partial charge in [0.1, 0.15) is 16.7 Å². The van der Waals surface area contributed by atoms with Crippen molar-refractivity contribution in [3.8, 4) is 11.3 Å². The van der Waals surface area contributed by atoms with Crippen molar-refractivity contribution in [3.05, 3.63) is 33.9 Å². The minimum Gasteiger partial charge on any atom is -0.477 e. The molecule has 0 spiro atoms. The van der Waals surface area contributed by atoms with E-state index in [1.165, 1.54) is 0 Å². The summed E-state index contributed by atoms with van der Waals surface area (Å²) in [4.78, 5) is 11.3. The predicted molar refractivity (Wildman–Crippen MR) is 83.5 cm³/mol. The summed E-state index contributed by atoms with van der Waals surface area (Å²) in [6, 6.07) is 4.88. The highest BCUT2D eigenvalue weighted by Gasteiger charge is 2.21. The van der Waals surface area contributed by atoms with Crippen molar-refractivity contribution in [2.24, 2.45) is 0 Å². The van der Waals surface area contributed by atoms with Crippen molar-refractivity contribution in [2.75, 3.05) is 0 Å². The lowest BCUT2D eigenvalue weighted by Crippen LogP contribution is -2.08. The van der Waals surface area contributed by atoms with Crippen LogP contribution in [0.15, 0.2) is 18.2 Å². The van der Waals surface area contributed by atoms with Crippen LogP contribution in [0.25, 0.3) is 22.3 Å². The molecule has 0 fully saturated rings. The van der Waals surface area contributed by atoms with E-state index in [2.05, 4.69) is 8.75 Å². The van der Waals surface area contributed by atoms with E-state index >= 15 is 0 Å². The molecule has 0 unspecified atom stereocenters. The smallest absolute Gasteiger partial charge is 0.352 e. The lowest BCUT2D eigenvalue weighted by atomic mass is 10.1. The minimum atomic E-state index is -0.985. The topological polar surface area (TPSA) is 68.0 Å². The van der Waals surface area contributed by atoms with E-state index in [1.54, 1.807) is 22.8 Å². The fraction of sp³-hybridized carbons (Fsp3) is 0.154. The molecule has 0 radical (unpaired) electrons. The van der Waals surface area contributed by atoms with Crippen LogP contribution >= 0.6 is 34.9 Å². The lowest BCUT2D eigenvalue weighted by Gasteiger charge is -2.11. The number of carboxylic acids is 1. The number of hydrogen-bond acceptors (Lipinski definition) is 4. The molecule has 2 aromatic heterocycles.